The maximum atomic E-state index is 12.9. The third-order valence-electron chi connectivity index (χ3n) is 4.76. The van der Waals surface area contributed by atoms with E-state index in [2.05, 4.69) is 9.97 Å². The highest BCUT2D eigenvalue weighted by Gasteiger charge is 2.29. The van der Waals surface area contributed by atoms with Gasteiger partial charge < -0.3 is 9.64 Å². The first-order valence-electron chi connectivity index (χ1n) is 9.51. The summed E-state index contributed by atoms with van der Waals surface area (Å²) in [5.74, 6) is 2.46. The number of nitrogens with zero attached hydrogens (tertiary/aromatic N) is 4. The average molecular weight is 445 g/mol. The van der Waals surface area contributed by atoms with Crippen molar-refractivity contribution in [3.63, 3.8) is 0 Å². The molecule has 0 amide bonds. The number of sulfonamides is 1. The molecule has 1 aliphatic heterocycles. The zero-order valence-corrected chi connectivity index (χ0v) is 18.0. The minimum atomic E-state index is -3.58. The Bertz CT molecular complexity index is 1130. The lowest BCUT2D eigenvalue weighted by Gasteiger charge is -2.34. The molecule has 2 heterocycles. The average Bonchev–Trinajstić information content (AvgIpc) is 2.74. The van der Waals surface area contributed by atoms with E-state index in [0.29, 0.717) is 54.5 Å². The van der Waals surface area contributed by atoms with Gasteiger partial charge in [0.15, 0.2) is 0 Å². The number of hydrogen-bond donors (Lipinski definition) is 0. The topological polar surface area (TPSA) is 75.6 Å². The van der Waals surface area contributed by atoms with Gasteiger partial charge in [0.2, 0.25) is 15.9 Å². The van der Waals surface area contributed by atoms with Crippen LogP contribution in [0.15, 0.2) is 65.6 Å². The van der Waals surface area contributed by atoms with Gasteiger partial charge in [0.1, 0.15) is 17.4 Å². The maximum absolute atomic E-state index is 12.9. The Morgan fingerprint density at radius 3 is 2.37 bits per heavy atom. The molecule has 156 valence electrons. The van der Waals surface area contributed by atoms with E-state index in [-0.39, 0.29) is 4.90 Å². The van der Waals surface area contributed by atoms with Gasteiger partial charge in [-0.05, 0) is 37.3 Å². The van der Waals surface area contributed by atoms with Crippen molar-refractivity contribution in [1.82, 2.24) is 14.3 Å². The molecule has 1 aromatic heterocycles. The van der Waals surface area contributed by atoms with Crippen LogP contribution in [-0.4, -0.2) is 48.9 Å². The van der Waals surface area contributed by atoms with E-state index in [1.807, 2.05) is 35.2 Å². The van der Waals surface area contributed by atoms with Crippen molar-refractivity contribution in [2.45, 2.75) is 11.8 Å². The smallest absolute Gasteiger partial charge is 0.243 e. The molecule has 0 aliphatic carbocycles. The summed E-state index contributed by atoms with van der Waals surface area (Å²) in [6.45, 7) is 3.54. The largest absolute Gasteiger partial charge is 0.439 e. The summed E-state index contributed by atoms with van der Waals surface area (Å²) < 4.78 is 33.1. The predicted molar refractivity (Wildman–Crippen MR) is 116 cm³/mol. The lowest BCUT2D eigenvalue weighted by molar-refractivity contribution is 0.383. The first-order chi connectivity index (χ1) is 14.4. The van der Waals surface area contributed by atoms with Crippen molar-refractivity contribution >= 4 is 27.4 Å². The molecule has 3 aromatic rings. The minimum absolute atomic E-state index is 0.208. The summed E-state index contributed by atoms with van der Waals surface area (Å²) in [5.41, 5.74) is 0. The fraction of sp³-hybridized carbons (Fsp3) is 0.238. The molecule has 0 atom stereocenters. The molecule has 4 rings (SSSR count). The molecule has 0 spiro atoms. The van der Waals surface area contributed by atoms with Crippen LogP contribution in [-0.2, 0) is 10.0 Å². The molecular weight excluding hydrogens is 424 g/mol. The van der Waals surface area contributed by atoms with Gasteiger partial charge in [0.25, 0.3) is 0 Å². The Balaban J connectivity index is 1.47. The van der Waals surface area contributed by atoms with Crippen LogP contribution >= 0.6 is 11.6 Å². The van der Waals surface area contributed by atoms with E-state index >= 15 is 0 Å². The second kappa shape index (κ2) is 8.59. The molecule has 0 saturated carbocycles. The van der Waals surface area contributed by atoms with Gasteiger partial charge in [-0.3, -0.25) is 0 Å². The van der Waals surface area contributed by atoms with E-state index in [1.54, 1.807) is 31.2 Å². The molecule has 30 heavy (non-hydrogen) atoms. The van der Waals surface area contributed by atoms with Crippen LogP contribution in [0, 0.1) is 6.92 Å². The monoisotopic (exact) mass is 444 g/mol. The van der Waals surface area contributed by atoms with Gasteiger partial charge in [-0.1, -0.05) is 35.9 Å². The lowest BCUT2D eigenvalue weighted by atomic mass is 10.3. The summed E-state index contributed by atoms with van der Waals surface area (Å²) in [6, 6.07) is 17.5. The van der Waals surface area contributed by atoms with Crippen LogP contribution < -0.4 is 9.64 Å². The van der Waals surface area contributed by atoms with Crippen LogP contribution in [0.2, 0.25) is 5.02 Å². The van der Waals surface area contributed by atoms with Gasteiger partial charge in [0.05, 0.1) is 4.90 Å². The van der Waals surface area contributed by atoms with Gasteiger partial charge in [-0.15, -0.1) is 0 Å². The standard InChI is InChI=1S/C21H21ClN4O3S/c1-16-23-20(15-21(24-16)29-18-7-3-2-4-8-18)25-10-12-26(13-11-25)30(27,28)19-9-5-6-17(22)14-19/h2-9,14-15H,10-13H2,1H3. The van der Waals surface area contributed by atoms with E-state index in [1.165, 1.54) is 10.4 Å². The maximum Gasteiger partial charge on any atom is 0.243 e. The number of anilines is 1. The second-order valence-electron chi connectivity index (χ2n) is 6.88. The number of aryl methyl sites for hydroxylation is 1. The number of benzene rings is 2. The highest BCUT2D eigenvalue weighted by atomic mass is 35.5. The minimum Gasteiger partial charge on any atom is -0.439 e. The molecule has 0 unspecified atom stereocenters. The van der Waals surface area contributed by atoms with Crippen molar-refractivity contribution in [2.24, 2.45) is 0 Å². The van der Waals surface area contributed by atoms with Gasteiger partial charge >= 0.3 is 0 Å². The van der Waals surface area contributed by atoms with Crippen LogP contribution in [0.4, 0.5) is 5.82 Å². The zero-order valence-electron chi connectivity index (χ0n) is 16.4. The van der Waals surface area contributed by atoms with E-state index in [9.17, 15) is 8.42 Å². The second-order valence-corrected chi connectivity index (χ2v) is 9.25. The van der Waals surface area contributed by atoms with Crippen LogP contribution in [0.1, 0.15) is 5.82 Å². The molecule has 7 nitrogen and oxygen atoms in total. The Labute approximate surface area is 181 Å². The van der Waals surface area contributed by atoms with Crippen molar-refractivity contribution in [3.05, 3.63) is 71.5 Å². The number of rotatable bonds is 5. The molecular formula is C21H21ClN4O3S. The Hall–Kier alpha value is -2.68. The summed E-state index contributed by atoms with van der Waals surface area (Å²) in [4.78, 5) is 11.1. The summed E-state index contributed by atoms with van der Waals surface area (Å²) in [5, 5.41) is 0.400. The fourth-order valence-electron chi connectivity index (χ4n) is 3.28. The number of piperazine rings is 1. The molecule has 9 heteroatoms. The zero-order chi connectivity index (χ0) is 21.1. The van der Waals surface area contributed by atoms with Crippen molar-refractivity contribution in [2.75, 3.05) is 31.1 Å². The molecule has 0 N–H and O–H groups in total. The fourth-order valence-corrected chi connectivity index (χ4v) is 5.01. The highest BCUT2D eigenvalue weighted by Crippen LogP contribution is 2.25. The molecule has 1 fully saturated rings. The van der Waals surface area contributed by atoms with Crippen molar-refractivity contribution < 1.29 is 13.2 Å². The lowest BCUT2D eigenvalue weighted by Crippen LogP contribution is -2.49. The summed E-state index contributed by atoms with van der Waals surface area (Å²) >= 11 is 5.96. The molecule has 1 aliphatic rings. The Morgan fingerprint density at radius 1 is 0.933 bits per heavy atom. The van der Waals surface area contributed by atoms with E-state index in [0.717, 1.165) is 0 Å². The normalized spacial score (nSPS) is 15.2. The first-order valence-corrected chi connectivity index (χ1v) is 11.3. The third-order valence-corrected chi connectivity index (χ3v) is 6.89. The summed E-state index contributed by atoms with van der Waals surface area (Å²) in [6.07, 6.45) is 0. The predicted octanol–water partition coefficient (Wildman–Crippen LogP) is 3.74. The number of halogens is 1. The SMILES string of the molecule is Cc1nc(Oc2ccccc2)cc(N2CCN(S(=O)(=O)c3cccc(Cl)c3)CC2)n1. The number of ether oxygens (including phenoxy) is 1. The molecule has 0 bridgehead atoms. The molecule has 0 radical (unpaired) electrons. The Morgan fingerprint density at radius 2 is 1.67 bits per heavy atom. The van der Waals surface area contributed by atoms with E-state index < -0.39 is 10.0 Å². The number of hydrogen-bond acceptors (Lipinski definition) is 6. The Kier molecular flexibility index (Phi) is 5.90. The van der Waals surface area contributed by atoms with Crippen LogP contribution in [0.5, 0.6) is 11.6 Å². The van der Waals surface area contributed by atoms with Crippen molar-refractivity contribution in [1.29, 1.82) is 0 Å². The number of para-hydroxylation sites is 1. The van der Waals surface area contributed by atoms with Crippen LogP contribution in [0.25, 0.3) is 0 Å². The van der Waals surface area contributed by atoms with Gasteiger partial charge in [-0.25, -0.2) is 13.4 Å². The summed E-state index contributed by atoms with van der Waals surface area (Å²) in [7, 11) is -3.58. The highest BCUT2D eigenvalue weighted by molar-refractivity contribution is 7.89. The first kappa shape index (κ1) is 20.6. The molecule has 1 saturated heterocycles. The third kappa shape index (κ3) is 4.56. The van der Waals surface area contributed by atoms with Crippen molar-refractivity contribution in [3.8, 4) is 11.6 Å². The van der Waals surface area contributed by atoms with Gasteiger partial charge in [-0.2, -0.15) is 9.29 Å². The van der Waals surface area contributed by atoms with E-state index in [4.69, 9.17) is 16.3 Å². The quantitative estimate of drug-likeness (QED) is 0.596. The van der Waals surface area contributed by atoms with Gasteiger partial charge in [0, 0.05) is 37.3 Å². The number of aromatic nitrogens is 2. The molecule has 2 aromatic carbocycles. The van der Waals surface area contributed by atoms with Crippen LogP contribution in [0.3, 0.4) is 0 Å².